The van der Waals surface area contributed by atoms with E-state index in [-0.39, 0.29) is 12.5 Å². The molecule has 2 aromatic rings. The van der Waals surface area contributed by atoms with Crippen LogP contribution in [0.4, 0.5) is 0 Å². The first-order valence-electron chi connectivity index (χ1n) is 6.36. The number of aryl methyl sites for hydroxylation is 1. The third-order valence-electron chi connectivity index (χ3n) is 3.08. The molecule has 0 saturated heterocycles. The van der Waals surface area contributed by atoms with Crippen molar-refractivity contribution in [2.75, 3.05) is 6.54 Å². The Morgan fingerprint density at radius 2 is 1.90 bits per heavy atom. The molecule has 0 aliphatic carbocycles. The predicted molar refractivity (Wildman–Crippen MR) is 79.9 cm³/mol. The average Bonchev–Trinajstić information content (AvgIpc) is 2.48. The molecule has 20 heavy (non-hydrogen) atoms. The molecule has 2 rings (SSSR count). The molecule has 1 unspecified atom stereocenters. The van der Waals surface area contributed by atoms with Crippen LogP contribution < -0.4 is 5.32 Å². The van der Waals surface area contributed by atoms with Crippen molar-refractivity contribution in [3.8, 4) is 0 Å². The lowest BCUT2D eigenvalue weighted by molar-refractivity contribution is 0.0916. The van der Waals surface area contributed by atoms with Gasteiger partial charge in [0.05, 0.1) is 16.7 Å². The summed E-state index contributed by atoms with van der Waals surface area (Å²) in [5.41, 5.74) is 2.04. The molecular formula is C16H16ClNO2. The summed E-state index contributed by atoms with van der Waals surface area (Å²) in [5.74, 6) is -0.284. The molecule has 0 aromatic heterocycles. The van der Waals surface area contributed by atoms with Gasteiger partial charge in [-0.1, -0.05) is 54.1 Å². The molecule has 0 spiro atoms. The summed E-state index contributed by atoms with van der Waals surface area (Å²) >= 11 is 6.10. The number of aliphatic hydroxyl groups is 1. The van der Waals surface area contributed by atoms with E-state index in [0.717, 1.165) is 11.1 Å². The van der Waals surface area contributed by atoms with Crippen molar-refractivity contribution in [2.45, 2.75) is 13.0 Å². The van der Waals surface area contributed by atoms with Gasteiger partial charge in [0.1, 0.15) is 0 Å². The second kappa shape index (κ2) is 6.55. The maximum absolute atomic E-state index is 12.0. The quantitative estimate of drug-likeness (QED) is 0.908. The van der Waals surface area contributed by atoms with Crippen LogP contribution in [-0.2, 0) is 0 Å². The Hall–Kier alpha value is -1.84. The van der Waals surface area contributed by atoms with E-state index in [1.54, 1.807) is 12.1 Å². The van der Waals surface area contributed by atoms with Crippen molar-refractivity contribution in [3.05, 3.63) is 70.2 Å². The largest absolute Gasteiger partial charge is 0.387 e. The molecule has 0 bridgehead atoms. The molecule has 104 valence electrons. The number of carbonyl (C=O) groups is 1. The number of hydrogen-bond acceptors (Lipinski definition) is 2. The van der Waals surface area contributed by atoms with E-state index < -0.39 is 6.10 Å². The monoisotopic (exact) mass is 289 g/mol. The number of halogens is 1. The molecule has 0 radical (unpaired) electrons. The Morgan fingerprint density at radius 3 is 2.60 bits per heavy atom. The van der Waals surface area contributed by atoms with E-state index in [4.69, 9.17) is 11.6 Å². The average molecular weight is 290 g/mol. The van der Waals surface area contributed by atoms with Crippen molar-refractivity contribution in [1.82, 2.24) is 5.32 Å². The molecule has 0 saturated carbocycles. The van der Waals surface area contributed by atoms with Gasteiger partial charge < -0.3 is 10.4 Å². The van der Waals surface area contributed by atoms with Crippen LogP contribution in [0.2, 0.25) is 5.02 Å². The van der Waals surface area contributed by atoms with Crippen molar-refractivity contribution in [1.29, 1.82) is 0 Å². The minimum atomic E-state index is -0.733. The van der Waals surface area contributed by atoms with E-state index in [1.807, 2.05) is 43.3 Å². The Labute approximate surface area is 123 Å². The van der Waals surface area contributed by atoms with Gasteiger partial charge in [0.2, 0.25) is 0 Å². The van der Waals surface area contributed by atoms with Crippen molar-refractivity contribution >= 4 is 17.5 Å². The number of carbonyl (C=O) groups excluding carboxylic acids is 1. The highest BCUT2D eigenvalue weighted by molar-refractivity contribution is 6.34. The molecule has 4 heteroatoms. The smallest absolute Gasteiger partial charge is 0.252 e. The van der Waals surface area contributed by atoms with Gasteiger partial charge in [0.25, 0.3) is 5.91 Å². The Balaban J connectivity index is 2.01. The predicted octanol–water partition coefficient (Wildman–Crippen LogP) is 3.11. The van der Waals surface area contributed by atoms with Gasteiger partial charge in [-0.3, -0.25) is 4.79 Å². The van der Waals surface area contributed by atoms with Crippen LogP contribution in [0.3, 0.4) is 0 Å². The Morgan fingerprint density at radius 1 is 1.20 bits per heavy atom. The zero-order chi connectivity index (χ0) is 14.5. The van der Waals surface area contributed by atoms with Gasteiger partial charge in [-0.05, 0) is 24.1 Å². The van der Waals surface area contributed by atoms with Gasteiger partial charge in [0, 0.05) is 6.54 Å². The number of hydrogen-bond donors (Lipinski definition) is 2. The highest BCUT2D eigenvalue weighted by Crippen LogP contribution is 2.20. The zero-order valence-electron chi connectivity index (χ0n) is 11.1. The molecule has 0 fully saturated rings. The Kier molecular flexibility index (Phi) is 4.77. The van der Waals surface area contributed by atoms with Crippen LogP contribution in [0, 0.1) is 6.92 Å². The molecule has 1 atom stereocenters. The van der Waals surface area contributed by atoms with E-state index in [1.165, 1.54) is 0 Å². The minimum absolute atomic E-state index is 0.146. The van der Waals surface area contributed by atoms with Gasteiger partial charge in [-0.2, -0.15) is 0 Å². The third kappa shape index (κ3) is 3.38. The van der Waals surface area contributed by atoms with Crippen LogP contribution in [0.5, 0.6) is 0 Å². The summed E-state index contributed by atoms with van der Waals surface area (Å²) in [5, 5.41) is 13.1. The summed E-state index contributed by atoms with van der Waals surface area (Å²) in [7, 11) is 0. The second-order valence-electron chi connectivity index (χ2n) is 4.57. The molecule has 2 N–H and O–H groups in total. The summed E-state index contributed by atoms with van der Waals surface area (Å²) in [6, 6.07) is 14.5. The lowest BCUT2D eigenvalue weighted by Gasteiger charge is -2.13. The lowest BCUT2D eigenvalue weighted by Crippen LogP contribution is -2.28. The van der Waals surface area contributed by atoms with E-state index >= 15 is 0 Å². The van der Waals surface area contributed by atoms with Crippen molar-refractivity contribution in [3.63, 3.8) is 0 Å². The minimum Gasteiger partial charge on any atom is -0.387 e. The number of benzene rings is 2. The van der Waals surface area contributed by atoms with Crippen LogP contribution in [0.25, 0.3) is 0 Å². The fourth-order valence-corrected chi connectivity index (χ4v) is 2.11. The van der Waals surface area contributed by atoms with Gasteiger partial charge in [-0.15, -0.1) is 0 Å². The maximum atomic E-state index is 12.0. The number of amides is 1. The zero-order valence-corrected chi connectivity index (χ0v) is 11.9. The maximum Gasteiger partial charge on any atom is 0.252 e. The summed E-state index contributed by atoms with van der Waals surface area (Å²) in [6.07, 6.45) is -0.733. The van der Waals surface area contributed by atoms with Crippen LogP contribution >= 0.6 is 11.6 Å². The normalized spacial score (nSPS) is 11.9. The summed E-state index contributed by atoms with van der Waals surface area (Å²) in [6.45, 7) is 1.99. The van der Waals surface area contributed by atoms with E-state index in [9.17, 15) is 9.90 Å². The molecule has 0 aliphatic heterocycles. The number of aliphatic hydroxyl groups excluding tert-OH is 1. The van der Waals surface area contributed by atoms with Gasteiger partial charge in [0.15, 0.2) is 0 Å². The molecule has 0 heterocycles. The third-order valence-corrected chi connectivity index (χ3v) is 3.58. The number of nitrogens with one attached hydrogen (secondary N) is 1. The molecule has 2 aromatic carbocycles. The first kappa shape index (κ1) is 14.6. The van der Waals surface area contributed by atoms with Crippen molar-refractivity contribution < 1.29 is 9.90 Å². The SMILES string of the molecule is Cc1cccc(C(=O)NCC(O)c2ccccc2)c1Cl. The topological polar surface area (TPSA) is 49.3 Å². The summed E-state index contributed by atoms with van der Waals surface area (Å²) < 4.78 is 0. The molecule has 0 aliphatic rings. The van der Waals surface area contributed by atoms with E-state index in [0.29, 0.717) is 10.6 Å². The van der Waals surface area contributed by atoms with Crippen LogP contribution in [-0.4, -0.2) is 17.6 Å². The first-order valence-corrected chi connectivity index (χ1v) is 6.73. The first-order chi connectivity index (χ1) is 9.59. The fraction of sp³-hybridized carbons (Fsp3) is 0.188. The highest BCUT2D eigenvalue weighted by atomic mass is 35.5. The lowest BCUT2D eigenvalue weighted by atomic mass is 10.1. The Bertz CT molecular complexity index is 599. The molecule has 1 amide bonds. The van der Waals surface area contributed by atoms with Gasteiger partial charge >= 0.3 is 0 Å². The number of rotatable bonds is 4. The summed E-state index contributed by atoms with van der Waals surface area (Å²) in [4.78, 5) is 12.0. The molecule has 3 nitrogen and oxygen atoms in total. The molecular weight excluding hydrogens is 274 g/mol. The highest BCUT2D eigenvalue weighted by Gasteiger charge is 2.13. The van der Waals surface area contributed by atoms with Crippen molar-refractivity contribution in [2.24, 2.45) is 0 Å². The fourth-order valence-electron chi connectivity index (χ4n) is 1.90. The van der Waals surface area contributed by atoms with Crippen LogP contribution in [0.1, 0.15) is 27.6 Å². The van der Waals surface area contributed by atoms with Gasteiger partial charge in [-0.25, -0.2) is 0 Å². The standard InChI is InChI=1S/C16H16ClNO2/c1-11-6-5-9-13(15(11)17)16(20)18-10-14(19)12-7-3-2-4-8-12/h2-9,14,19H,10H2,1H3,(H,18,20). The van der Waals surface area contributed by atoms with Crippen LogP contribution in [0.15, 0.2) is 48.5 Å². The second-order valence-corrected chi connectivity index (χ2v) is 4.95. The van der Waals surface area contributed by atoms with E-state index in [2.05, 4.69) is 5.32 Å².